The van der Waals surface area contributed by atoms with E-state index in [1.807, 2.05) is 6.07 Å². The van der Waals surface area contributed by atoms with Gasteiger partial charge >= 0.3 is 0 Å². The molecule has 0 aliphatic rings. The van der Waals surface area contributed by atoms with Gasteiger partial charge < -0.3 is 5.11 Å². The van der Waals surface area contributed by atoms with Crippen molar-refractivity contribution in [2.75, 3.05) is 0 Å². The molecule has 0 saturated carbocycles. The van der Waals surface area contributed by atoms with Gasteiger partial charge in [0.05, 0.1) is 12.3 Å². The summed E-state index contributed by atoms with van der Waals surface area (Å²) in [7, 11) is 0. The number of nitrogens with zero attached hydrogens (tertiary/aromatic N) is 4. The van der Waals surface area contributed by atoms with Crippen LogP contribution in [0.15, 0.2) is 30.9 Å². The summed E-state index contributed by atoms with van der Waals surface area (Å²) in [6.45, 7) is -0.0669. The maximum absolute atomic E-state index is 8.85. The molecular weight excluding hydrogens is 168 g/mol. The molecule has 0 amide bonds. The lowest BCUT2D eigenvalue weighted by Crippen LogP contribution is -2.00. The molecule has 13 heavy (non-hydrogen) atoms. The standard InChI is InChI=1S/C8H8N4O/c13-4-7-2-1-3-8(11-7)12-6-9-5-10-12/h1-3,5-6,13H,4H2. The second-order valence-corrected chi connectivity index (χ2v) is 2.49. The Kier molecular flexibility index (Phi) is 2.01. The van der Waals surface area contributed by atoms with Gasteiger partial charge in [-0.3, -0.25) is 0 Å². The quantitative estimate of drug-likeness (QED) is 0.707. The zero-order chi connectivity index (χ0) is 9.10. The van der Waals surface area contributed by atoms with Gasteiger partial charge in [-0.25, -0.2) is 14.6 Å². The van der Waals surface area contributed by atoms with Gasteiger partial charge in [0.25, 0.3) is 0 Å². The van der Waals surface area contributed by atoms with Crippen molar-refractivity contribution in [1.82, 2.24) is 19.7 Å². The highest BCUT2D eigenvalue weighted by Crippen LogP contribution is 2.02. The monoisotopic (exact) mass is 176 g/mol. The molecule has 66 valence electrons. The number of aliphatic hydroxyl groups is 1. The minimum Gasteiger partial charge on any atom is -0.390 e. The van der Waals surface area contributed by atoms with E-state index in [9.17, 15) is 0 Å². The van der Waals surface area contributed by atoms with Crippen LogP contribution in [0.4, 0.5) is 0 Å². The molecule has 2 rings (SSSR count). The van der Waals surface area contributed by atoms with Crippen molar-refractivity contribution in [2.45, 2.75) is 6.61 Å². The van der Waals surface area contributed by atoms with E-state index >= 15 is 0 Å². The molecule has 0 spiro atoms. The summed E-state index contributed by atoms with van der Waals surface area (Å²) in [5.74, 6) is 0.657. The number of hydrogen-bond acceptors (Lipinski definition) is 4. The highest BCUT2D eigenvalue weighted by Gasteiger charge is 1.98. The van der Waals surface area contributed by atoms with E-state index in [0.29, 0.717) is 11.5 Å². The average molecular weight is 176 g/mol. The van der Waals surface area contributed by atoms with Crippen molar-refractivity contribution in [2.24, 2.45) is 0 Å². The molecule has 2 aromatic heterocycles. The van der Waals surface area contributed by atoms with Crippen LogP contribution in [0.5, 0.6) is 0 Å². The van der Waals surface area contributed by atoms with Gasteiger partial charge in [0, 0.05) is 0 Å². The molecule has 0 unspecified atom stereocenters. The second-order valence-electron chi connectivity index (χ2n) is 2.49. The van der Waals surface area contributed by atoms with Gasteiger partial charge in [0.1, 0.15) is 12.7 Å². The van der Waals surface area contributed by atoms with Crippen LogP contribution in [0, 0.1) is 0 Å². The number of pyridine rings is 1. The van der Waals surface area contributed by atoms with Crippen molar-refractivity contribution in [1.29, 1.82) is 0 Å². The number of hydrogen-bond donors (Lipinski definition) is 1. The molecule has 0 aromatic carbocycles. The molecule has 0 saturated heterocycles. The molecular formula is C8H8N4O. The molecule has 0 bridgehead atoms. The zero-order valence-electron chi connectivity index (χ0n) is 6.83. The normalized spacial score (nSPS) is 10.2. The van der Waals surface area contributed by atoms with Gasteiger partial charge in [-0.05, 0) is 12.1 Å². The van der Waals surface area contributed by atoms with Gasteiger partial charge in [-0.15, -0.1) is 0 Å². The number of aliphatic hydroxyl groups excluding tert-OH is 1. The van der Waals surface area contributed by atoms with Gasteiger partial charge in [0.15, 0.2) is 5.82 Å². The lowest BCUT2D eigenvalue weighted by molar-refractivity contribution is 0.276. The Balaban J connectivity index is 2.41. The Morgan fingerprint density at radius 1 is 1.38 bits per heavy atom. The molecule has 5 heteroatoms. The highest BCUT2D eigenvalue weighted by atomic mass is 16.3. The summed E-state index contributed by atoms with van der Waals surface area (Å²) < 4.78 is 1.54. The van der Waals surface area contributed by atoms with Crippen LogP contribution in [-0.2, 0) is 6.61 Å². The summed E-state index contributed by atoms with van der Waals surface area (Å²) in [6, 6.07) is 5.36. The van der Waals surface area contributed by atoms with Crippen LogP contribution in [0.3, 0.4) is 0 Å². The van der Waals surface area contributed by atoms with Gasteiger partial charge in [-0.2, -0.15) is 5.10 Å². The predicted octanol–water partition coefficient (Wildman–Crippen LogP) is 0.155. The first-order chi connectivity index (χ1) is 6.40. The largest absolute Gasteiger partial charge is 0.390 e. The fourth-order valence-corrected chi connectivity index (χ4v) is 1.01. The SMILES string of the molecule is OCc1cccc(-n2cncn2)n1. The molecule has 0 fully saturated rings. The molecule has 0 radical (unpaired) electrons. The fraction of sp³-hybridized carbons (Fsp3) is 0.125. The predicted molar refractivity (Wildman–Crippen MR) is 45.1 cm³/mol. The maximum atomic E-state index is 8.85. The smallest absolute Gasteiger partial charge is 0.155 e. The fourth-order valence-electron chi connectivity index (χ4n) is 1.01. The van der Waals surface area contributed by atoms with Crippen molar-refractivity contribution < 1.29 is 5.11 Å². The van der Waals surface area contributed by atoms with E-state index in [2.05, 4.69) is 15.1 Å². The Hall–Kier alpha value is -1.75. The molecule has 0 aliphatic heterocycles. The summed E-state index contributed by atoms with van der Waals surface area (Å²) in [4.78, 5) is 7.95. The Bertz CT molecular complexity index is 385. The molecule has 2 aromatic rings. The van der Waals surface area contributed by atoms with Crippen LogP contribution in [0.2, 0.25) is 0 Å². The van der Waals surface area contributed by atoms with Crippen molar-refractivity contribution in [3.63, 3.8) is 0 Å². The van der Waals surface area contributed by atoms with Crippen LogP contribution in [0.25, 0.3) is 5.82 Å². The van der Waals surface area contributed by atoms with E-state index in [0.717, 1.165) is 0 Å². The van der Waals surface area contributed by atoms with Crippen molar-refractivity contribution in [3.8, 4) is 5.82 Å². The average Bonchev–Trinajstić information content (AvgIpc) is 2.71. The first kappa shape index (κ1) is 7.88. The van der Waals surface area contributed by atoms with Gasteiger partial charge in [-0.1, -0.05) is 6.07 Å². The van der Waals surface area contributed by atoms with Crippen LogP contribution < -0.4 is 0 Å². The van der Waals surface area contributed by atoms with E-state index in [-0.39, 0.29) is 6.61 Å². The first-order valence-corrected chi connectivity index (χ1v) is 3.82. The Labute approximate surface area is 74.7 Å². The lowest BCUT2D eigenvalue weighted by Gasteiger charge is -2.00. The third-order valence-electron chi connectivity index (χ3n) is 1.61. The molecule has 1 N–H and O–H groups in total. The topological polar surface area (TPSA) is 63.8 Å². The first-order valence-electron chi connectivity index (χ1n) is 3.82. The minimum atomic E-state index is -0.0669. The summed E-state index contributed by atoms with van der Waals surface area (Å²) in [5, 5.41) is 12.8. The van der Waals surface area contributed by atoms with Crippen LogP contribution in [-0.4, -0.2) is 24.9 Å². The number of aromatic nitrogens is 4. The third-order valence-corrected chi connectivity index (χ3v) is 1.61. The van der Waals surface area contributed by atoms with E-state index in [4.69, 9.17) is 5.11 Å². The highest BCUT2D eigenvalue weighted by molar-refractivity contribution is 5.22. The minimum absolute atomic E-state index is 0.0669. The molecule has 0 atom stereocenters. The van der Waals surface area contributed by atoms with E-state index in [1.54, 1.807) is 23.1 Å². The summed E-state index contributed by atoms with van der Waals surface area (Å²) >= 11 is 0. The van der Waals surface area contributed by atoms with Crippen molar-refractivity contribution in [3.05, 3.63) is 36.5 Å². The third kappa shape index (κ3) is 1.54. The number of rotatable bonds is 2. The second kappa shape index (κ2) is 3.32. The summed E-state index contributed by atoms with van der Waals surface area (Å²) in [5.41, 5.74) is 0.619. The van der Waals surface area contributed by atoms with Crippen molar-refractivity contribution >= 4 is 0 Å². The molecule has 5 nitrogen and oxygen atoms in total. The van der Waals surface area contributed by atoms with E-state index in [1.165, 1.54) is 6.33 Å². The molecule has 0 aliphatic carbocycles. The maximum Gasteiger partial charge on any atom is 0.155 e. The Morgan fingerprint density at radius 3 is 3.00 bits per heavy atom. The summed E-state index contributed by atoms with van der Waals surface area (Å²) in [6.07, 6.45) is 3.00. The van der Waals surface area contributed by atoms with Crippen LogP contribution in [0.1, 0.15) is 5.69 Å². The van der Waals surface area contributed by atoms with Crippen LogP contribution >= 0.6 is 0 Å². The van der Waals surface area contributed by atoms with Gasteiger partial charge in [0.2, 0.25) is 0 Å². The van der Waals surface area contributed by atoms with E-state index < -0.39 is 0 Å². The Morgan fingerprint density at radius 2 is 2.31 bits per heavy atom. The zero-order valence-corrected chi connectivity index (χ0v) is 6.83. The molecule has 2 heterocycles. The lowest BCUT2D eigenvalue weighted by atomic mass is 10.3.